The standard InChI is InChI=1S/C19H20ClFN4O3/c1-13(19(26)22-17-7-6-14(25(27)28)12-15(17)20)23-8-10-24(11-9-23)18-5-3-2-4-16(18)21/h2-7,12-13H,8-11H2,1H3,(H,22,26)/t13-/m1/s1. The second kappa shape index (κ2) is 8.53. The van der Waals surface area contributed by atoms with E-state index >= 15 is 0 Å². The Balaban J connectivity index is 1.59. The predicted molar refractivity (Wildman–Crippen MR) is 106 cm³/mol. The number of halogens is 2. The molecule has 0 saturated carbocycles. The Morgan fingerprint density at radius 1 is 1.21 bits per heavy atom. The number of hydrogen-bond acceptors (Lipinski definition) is 5. The Bertz CT molecular complexity index is 887. The first-order chi connectivity index (χ1) is 13.4. The third-order valence-corrected chi connectivity index (χ3v) is 5.17. The Kier molecular flexibility index (Phi) is 6.11. The van der Waals surface area contributed by atoms with Crippen LogP contribution >= 0.6 is 11.6 Å². The van der Waals surface area contributed by atoms with Crippen LogP contribution in [0.15, 0.2) is 42.5 Å². The van der Waals surface area contributed by atoms with Crippen molar-refractivity contribution in [1.29, 1.82) is 0 Å². The molecule has 1 aliphatic heterocycles. The zero-order chi connectivity index (χ0) is 20.3. The van der Waals surface area contributed by atoms with E-state index in [1.165, 1.54) is 24.3 Å². The van der Waals surface area contributed by atoms with Crippen molar-refractivity contribution in [3.63, 3.8) is 0 Å². The van der Waals surface area contributed by atoms with Crippen molar-refractivity contribution in [2.75, 3.05) is 36.4 Å². The highest BCUT2D eigenvalue weighted by Crippen LogP contribution is 2.27. The zero-order valence-corrected chi connectivity index (χ0v) is 16.0. The summed E-state index contributed by atoms with van der Waals surface area (Å²) in [5.74, 6) is -0.510. The van der Waals surface area contributed by atoms with Crippen molar-refractivity contribution in [2.24, 2.45) is 0 Å². The van der Waals surface area contributed by atoms with Crippen LogP contribution in [-0.4, -0.2) is 48.0 Å². The number of nitrogens with one attached hydrogen (secondary N) is 1. The van der Waals surface area contributed by atoms with Gasteiger partial charge in [0.25, 0.3) is 5.69 Å². The third-order valence-electron chi connectivity index (χ3n) is 4.86. The van der Waals surface area contributed by atoms with Gasteiger partial charge in [0.1, 0.15) is 5.82 Å². The normalized spacial score (nSPS) is 15.9. The summed E-state index contributed by atoms with van der Waals surface area (Å²) in [5, 5.41) is 13.6. The summed E-state index contributed by atoms with van der Waals surface area (Å²) in [6.45, 7) is 4.22. The molecular formula is C19H20ClFN4O3. The average molecular weight is 407 g/mol. The van der Waals surface area contributed by atoms with Gasteiger partial charge in [-0.2, -0.15) is 0 Å². The van der Waals surface area contributed by atoms with Crippen molar-refractivity contribution >= 4 is 34.6 Å². The first-order valence-corrected chi connectivity index (χ1v) is 9.23. The summed E-state index contributed by atoms with van der Waals surface area (Å²) in [7, 11) is 0. The molecule has 0 spiro atoms. The fraction of sp³-hybridized carbons (Fsp3) is 0.316. The van der Waals surface area contributed by atoms with Gasteiger partial charge in [-0.15, -0.1) is 0 Å². The van der Waals surface area contributed by atoms with Gasteiger partial charge in [-0.05, 0) is 25.1 Å². The molecular weight excluding hydrogens is 387 g/mol. The molecule has 1 N–H and O–H groups in total. The number of anilines is 2. The van der Waals surface area contributed by atoms with Crippen LogP contribution in [-0.2, 0) is 4.79 Å². The molecule has 148 valence electrons. The Hall–Kier alpha value is -2.71. The van der Waals surface area contributed by atoms with E-state index in [1.54, 1.807) is 25.1 Å². The van der Waals surface area contributed by atoms with Gasteiger partial charge in [0.2, 0.25) is 5.91 Å². The molecule has 1 amide bonds. The topological polar surface area (TPSA) is 78.7 Å². The van der Waals surface area contributed by atoms with Gasteiger partial charge in [-0.1, -0.05) is 23.7 Å². The molecule has 0 radical (unpaired) electrons. The van der Waals surface area contributed by atoms with Crippen LogP contribution < -0.4 is 10.2 Å². The van der Waals surface area contributed by atoms with Crippen LogP contribution in [0.3, 0.4) is 0 Å². The average Bonchev–Trinajstić information content (AvgIpc) is 2.69. The number of nitro groups is 1. The lowest BCUT2D eigenvalue weighted by molar-refractivity contribution is -0.384. The Morgan fingerprint density at radius 2 is 1.89 bits per heavy atom. The minimum atomic E-state index is -0.546. The maximum absolute atomic E-state index is 13.9. The molecule has 9 heteroatoms. The fourth-order valence-electron chi connectivity index (χ4n) is 3.18. The Labute approximate surface area is 166 Å². The van der Waals surface area contributed by atoms with E-state index in [4.69, 9.17) is 11.6 Å². The number of rotatable bonds is 5. The maximum atomic E-state index is 13.9. The lowest BCUT2D eigenvalue weighted by Gasteiger charge is -2.38. The smallest absolute Gasteiger partial charge is 0.271 e. The van der Waals surface area contributed by atoms with Gasteiger partial charge in [-0.25, -0.2) is 4.39 Å². The van der Waals surface area contributed by atoms with Gasteiger partial charge in [0.15, 0.2) is 0 Å². The molecule has 7 nitrogen and oxygen atoms in total. The van der Waals surface area contributed by atoms with Crippen molar-refractivity contribution in [3.05, 3.63) is 63.4 Å². The maximum Gasteiger partial charge on any atom is 0.271 e. The highest BCUT2D eigenvalue weighted by atomic mass is 35.5. The highest BCUT2D eigenvalue weighted by Gasteiger charge is 2.27. The van der Waals surface area contributed by atoms with Crippen molar-refractivity contribution in [3.8, 4) is 0 Å². The molecule has 0 aromatic heterocycles. The summed E-state index contributed by atoms with van der Waals surface area (Å²) in [5.41, 5.74) is 0.756. The first-order valence-electron chi connectivity index (χ1n) is 8.85. The summed E-state index contributed by atoms with van der Waals surface area (Å²) in [4.78, 5) is 26.8. The first kappa shape index (κ1) is 20.0. The van der Waals surface area contributed by atoms with E-state index in [1.807, 2.05) is 9.80 Å². The number of carbonyl (C=O) groups excluding carboxylic acids is 1. The predicted octanol–water partition coefficient (Wildman–Crippen LogP) is 3.54. The molecule has 0 bridgehead atoms. The second-order valence-electron chi connectivity index (χ2n) is 6.56. The van der Waals surface area contributed by atoms with Crippen molar-refractivity contribution in [1.82, 2.24) is 4.90 Å². The summed E-state index contributed by atoms with van der Waals surface area (Å²) in [6.07, 6.45) is 0. The lowest BCUT2D eigenvalue weighted by Crippen LogP contribution is -2.53. The van der Waals surface area contributed by atoms with E-state index in [-0.39, 0.29) is 22.4 Å². The largest absolute Gasteiger partial charge is 0.367 e. The zero-order valence-electron chi connectivity index (χ0n) is 15.3. The molecule has 0 unspecified atom stereocenters. The van der Waals surface area contributed by atoms with E-state index < -0.39 is 11.0 Å². The minimum Gasteiger partial charge on any atom is -0.367 e. The highest BCUT2D eigenvalue weighted by molar-refractivity contribution is 6.34. The van der Waals surface area contributed by atoms with Crippen LogP contribution in [0.5, 0.6) is 0 Å². The number of benzene rings is 2. The molecule has 1 fully saturated rings. The van der Waals surface area contributed by atoms with Crippen molar-refractivity contribution in [2.45, 2.75) is 13.0 Å². The molecule has 1 aliphatic rings. The minimum absolute atomic E-state index is 0.110. The molecule has 2 aromatic carbocycles. The van der Waals surface area contributed by atoms with Crippen LogP contribution in [0.4, 0.5) is 21.5 Å². The van der Waals surface area contributed by atoms with Crippen molar-refractivity contribution < 1.29 is 14.1 Å². The molecule has 28 heavy (non-hydrogen) atoms. The molecule has 1 saturated heterocycles. The van der Waals surface area contributed by atoms with Crippen LogP contribution in [0.25, 0.3) is 0 Å². The second-order valence-corrected chi connectivity index (χ2v) is 6.97. The van der Waals surface area contributed by atoms with Crippen LogP contribution in [0.1, 0.15) is 6.92 Å². The van der Waals surface area contributed by atoms with Crippen LogP contribution in [0, 0.1) is 15.9 Å². The van der Waals surface area contributed by atoms with Gasteiger partial charge in [-0.3, -0.25) is 19.8 Å². The van der Waals surface area contributed by atoms with Gasteiger partial charge in [0, 0.05) is 38.3 Å². The fourth-order valence-corrected chi connectivity index (χ4v) is 3.40. The van der Waals surface area contributed by atoms with Crippen LogP contribution in [0.2, 0.25) is 5.02 Å². The summed E-state index contributed by atoms with van der Waals surface area (Å²) >= 11 is 6.03. The summed E-state index contributed by atoms with van der Waals surface area (Å²) < 4.78 is 13.9. The SMILES string of the molecule is C[C@H](C(=O)Nc1ccc([N+](=O)[O-])cc1Cl)N1CCN(c2ccccc2F)CC1. The summed E-state index contributed by atoms with van der Waals surface area (Å²) in [6, 6.07) is 10.1. The van der Waals surface area contributed by atoms with Gasteiger partial charge in [0.05, 0.1) is 27.4 Å². The number of non-ortho nitro benzene ring substituents is 1. The number of nitrogens with zero attached hydrogens (tertiary/aromatic N) is 3. The lowest BCUT2D eigenvalue weighted by atomic mass is 10.2. The van der Waals surface area contributed by atoms with Gasteiger partial charge < -0.3 is 10.2 Å². The number of piperazine rings is 1. The Morgan fingerprint density at radius 3 is 2.50 bits per heavy atom. The van der Waals surface area contributed by atoms with E-state index in [0.717, 1.165) is 0 Å². The molecule has 0 aliphatic carbocycles. The number of para-hydroxylation sites is 1. The molecule has 3 rings (SSSR count). The molecule has 1 atom stereocenters. The number of hydrogen-bond donors (Lipinski definition) is 1. The van der Waals surface area contributed by atoms with E-state index in [9.17, 15) is 19.3 Å². The molecule has 1 heterocycles. The number of amides is 1. The van der Waals surface area contributed by atoms with Gasteiger partial charge >= 0.3 is 0 Å². The third kappa shape index (κ3) is 4.40. The number of carbonyl (C=O) groups is 1. The van der Waals surface area contributed by atoms with E-state index in [0.29, 0.717) is 37.6 Å². The number of nitro benzene ring substituents is 1. The monoisotopic (exact) mass is 406 g/mol. The van der Waals surface area contributed by atoms with E-state index in [2.05, 4.69) is 5.32 Å². The molecule has 2 aromatic rings. The quantitative estimate of drug-likeness (QED) is 0.607.